The smallest absolute Gasteiger partial charge is 0.313 e. The van der Waals surface area contributed by atoms with E-state index in [9.17, 15) is 51.3 Å². The zero-order valence-corrected chi connectivity index (χ0v) is 35.7. The van der Waals surface area contributed by atoms with Crippen LogP contribution in [0.5, 0.6) is 5.75 Å². The number of aromatic nitrogens is 3. The van der Waals surface area contributed by atoms with E-state index in [0.717, 1.165) is 0 Å². The van der Waals surface area contributed by atoms with Gasteiger partial charge >= 0.3 is 11.9 Å². The largest absolute Gasteiger partial charge is 0.457 e. The average molecular weight is 930 g/mol. The van der Waals surface area contributed by atoms with Gasteiger partial charge in [-0.2, -0.15) is 8.78 Å². The van der Waals surface area contributed by atoms with E-state index in [0.29, 0.717) is 58.1 Å². The molecular formula is C39H56F5N5O15. The third kappa shape index (κ3) is 18.6. The number of halogens is 5. The number of hydrogen-bond acceptors (Lipinski definition) is 17. The van der Waals surface area contributed by atoms with Crippen LogP contribution < -0.4 is 15.4 Å². The lowest BCUT2D eigenvalue weighted by Gasteiger charge is -2.43. The van der Waals surface area contributed by atoms with E-state index in [1.165, 1.54) is 6.92 Å². The molecule has 1 aliphatic rings. The van der Waals surface area contributed by atoms with Crippen LogP contribution in [0.2, 0.25) is 0 Å². The van der Waals surface area contributed by atoms with Crippen molar-refractivity contribution < 1.29 is 94.0 Å². The first-order chi connectivity index (χ1) is 30.6. The molecule has 64 heavy (non-hydrogen) atoms. The fraction of sp³-hybridized carbons (Fsp3) is 0.692. The minimum atomic E-state index is -2.38. The number of nitrogens with one attached hydrogen (secondary N) is 2. The van der Waals surface area contributed by atoms with Crippen LogP contribution in [0.15, 0.2) is 6.20 Å². The molecule has 0 radical (unpaired) electrons. The molecule has 3 rings (SSSR count). The molecule has 1 saturated heterocycles. The van der Waals surface area contributed by atoms with Gasteiger partial charge in [0.2, 0.25) is 46.6 Å². The topological polar surface area (TPSA) is 247 Å². The van der Waals surface area contributed by atoms with Crippen LogP contribution in [0.25, 0.3) is 0 Å². The van der Waals surface area contributed by atoms with E-state index < -0.39 is 102 Å². The summed E-state index contributed by atoms with van der Waals surface area (Å²) < 4.78 is 116. The first-order valence-corrected chi connectivity index (χ1v) is 20.4. The molecule has 0 aliphatic carbocycles. The van der Waals surface area contributed by atoms with Gasteiger partial charge in [-0.1, -0.05) is 19.1 Å². The molecule has 5 atom stereocenters. The van der Waals surface area contributed by atoms with Gasteiger partial charge in [0, 0.05) is 26.1 Å². The zero-order valence-electron chi connectivity index (χ0n) is 35.7. The Kier molecular flexibility index (Phi) is 24.5. The Morgan fingerprint density at radius 1 is 0.812 bits per heavy atom. The number of carbonyl (C=O) groups excluding carboxylic acids is 4. The van der Waals surface area contributed by atoms with Crippen molar-refractivity contribution in [2.24, 2.45) is 5.92 Å². The quantitative estimate of drug-likeness (QED) is 0.0203. The zero-order chi connectivity index (χ0) is 47.0. The summed E-state index contributed by atoms with van der Waals surface area (Å²) in [6.45, 7) is 6.52. The minimum absolute atomic E-state index is 0.0150. The maximum absolute atomic E-state index is 13.6. The van der Waals surface area contributed by atoms with Gasteiger partial charge in [0.25, 0.3) is 0 Å². The molecule has 0 bridgehead atoms. The number of esters is 2. The average Bonchev–Trinajstić information content (AvgIpc) is 3.72. The number of aryl methyl sites for hydroxylation is 1. The molecule has 25 heteroatoms. The van der Waals surface area contributed by atoms with Crippen LogP contribution >= 0.6 is 0 Å². The van der Waals surface area contributed by atoms with Crippen molar-refractivity contribution in [1.29, 1.82) is 0 Å². The Labute approximate surface area is 365 Å². The number of nitrogens with zero attached hydrogens (tertiary/aromatic N) is 3. The molecule has 2 heterocycles. The molecule has 0 unspecified atom stereocenters. The summed E-state index contributed by atoms with van der Waals surface area (Å²) in [6, 6.07) is -1.02. The highest BCUT2D eigenvalue weighted by Crippen LogP contribution is 2.29. The van der Waals surface area contributed by atoms with Crippen LogP contribution in [-0.2, 0) is 70.0 Å². The van der Waals surface area contributed by atoms with Crippen molar-refractivity contribution >= 4 is 23.8 Å². The van der Waals surface area contributed by atoms with Crippen molar-refractivity contribution in [2.75, 3.05) is 85.8 Å². The predicted octanol–water partition coefficient (Wildman–Crippen LogP) is 0.658. The summed E-state index contributed by atoms with van der Waals surface area (Å²) in [7, 11) is 0. The summed E-state index contributed by atoms with van der Waals surface area (Å²) in [5.74, 6) is -16.2. The normalized spacial score (nSPS) is 18.6. The summed E-state index contributed by atoms with van der Waals surface area (Å²) in [4.78, 5) is 47.9. The Morgan fingerprint density at radius 2 is 1.39 bits per heavy atom. The monoisotopic (exact) mass is 929 g/mol. The minimum Gasteiger partial charge on any atom is -0.457 e. The standard InChI is InChI=1S/C39H56F5N5O15/c1-23(2)38(55)64-37-34(46-24(3)51)39(62-26(22-50)35(37)54)61-10-4-5-25-21-49(48-47-25)9-14-59-18-20-60-19-17-58-13-8-45-27(52)6-11-56-15-16-57-12-7-28(53)63-36-32(43)30(41)29(40)31(42)33(36)44/h21,23,26,34-35,37,39,50,54H,4-20,22H2,1-3H3,(H,45,52)(H,46,51)/t26-,34-,35+,37-,39-/m1/s1. The summed E-state index contributed by atoms with van der Waals surface area (Å²) >= 11 is 0. The first-order valence-electron chi connectivity index (χ1n) is 20.4. The summed E-state index contributed by atoms with van der Waals surface area (Å²) in [5.41, 5.74) is 0.699. The number of benzene rings is 1. The number of hydrogen-bond donors (Lipinski definition) is 4. The van der Waals surface area contributed by atoms with E-state index in [4.69, 9.17) is 37.9 Å². The van der Waals surface area contributed by atoms with Crippen molar-refractivity contribution in [3.05, 3.63) is 41.0 Å². The van der Waals surface area contributed by atoms with Gasteiger partial charge in [0.15, 0.2) is 12.4 Å². The van der Waals surface area contributed by atoms with Gasteiger partial charge in [0.1, 0.15) is 18.2 Å². The fourth-order valence-corrected chi connectivity index (χ4v) is 5.56. The SMILES string of the molecule is CC(=O)N[C@H]1[C@H](OCCCc2cn(CCOCCOCCOCCNC(=O)CCOCCOCCC(=O)Oc3c(F)c(F)c(F)c(F)c3F)nn2)O[C@H](CO)[C@H](O)[C@@H]1OC(=O)C(C)C. The molecule has 1 aromatic heterocycles. The van der Waals surface area contributed by atoms with E-state index in [1.54, 1.807) is 24.7 Å². The Bertz CT molecular complexity index is 1730. The second-order valence-electron chi connectivity index (χ2n) is 14.2. The number of aliphatic hydroxyl groups excluding tert-OH is 2. The molecule has 20 nitrogen and oxygen atoms in total. The van der Waals surface area contributed by atoms with Gasteiger partial charge in [-0.3, -0.25) is 19.2 Å². The second kappa shape index (κ2) is 29.1. The highest BCUT2D eigenvalue weighted by molar-refractivity contribution is 5.76. The molecule has 2 aromatic rings. The lowest BCUT2D eigenvalue weighted by Crippen LogP contribution is -2.65. The molecule has 2 amide bonds. The maximum Gasteiger partial charge on any atom is 0.313 e. The highest BCUT2D eigenvalue weighted by Gasteiger charge is 2.48. The van der Waals surface area contributed by atoms with Crippen LogP contribution in [0.3, 0.4) is 0 Å². The maximum atomic E-state index is 13.6. The van der Waals surface area contributed by atoms with Crippen molar-refractivity contribution in [3.8, 4) is 5.75 Å². The van der Waals surface area contributed by atoms with Crippen LogP contribution in [-0.4, -0.2) is 165 Å². The van der Waals surface area contributed by atoms with Gasteiger partial charge in [-0.25, -0.2) is 17.9 Å². The van der Waals surface area contributed by atoms with E-state index >= 15 is 0 Å². The van der Waals surface area contributed by atoms with Crippen molar-refractivity contribution in [2.45, 2.75) is 83.6 Å². The third-order valence-corrected chi connectivity index (χ3v) is 8.85. The van der Waals surface area contributed by atoms with Gasteiger partial charge in [-0.15, -0.1) is 5.10 Å². The number of aliphatic hydroxyl groups is 2. The number of carbonyl (C=O) groups is 4. The lowest BCUT2D eigenvalue weighted by molar-refractivity contribution is -0.274. The van der Waals surface area contributed by atoms with Crippen LogP contribution in [0.1, 0.15) is 45.7 Å². The molecule has 0 saturated carbocycles. The summed E-state index contributed by atoms with van der Waals surface area (Å²) in [6.07, 6.45) is -2.54. The van der Waals surface area contributed by atoms with Crippen molar-refractivity contribution in [3.63, 3.8) is 0 Å². The van der Waals surface area contributed by atoms with Gasteiger partial charge < -0.3 is 63.5 Å². The lowest BCUT2D eigenvalue weighted by atomic mass is 9.96. The molecule has 1 aromatic carbocycles. The number of ether oxygens (including phenoxy) is 9. The second-order valence-corrected chi connectivity index (χ2v) is 14.2. The number of rotatable bonds is 31. The van der Waals surface area contributed by atoms with Gasteiger partial charge in [0.05, 0.1) is 104 Å². The first kappa shape index (κ1) is 53.9. The number of amides is 2. The molecular weight excluding hydrogens is 873 g/mol. The fourth-order valence-electron chi connectivity index (χ4n) is 5.56. The highest BCUT2D eigenvalue weighted by atomic mass is 19.2. The van der Waals surface area contributed by atoms with Crippen LogP contribution in [0.4, 0.5) is 22.0 Å². The summed E-state index contributed by atoms with van der Waals surface area (Å²) in [5, 5.41) is 34.0. The molecule has 1 aliphatic heterocycles. The molecule has 0 spiro atoms. The van der Waals surface area contributed by atoms with E-state index in [1.807, 2.05) is 0 Å². The van der Waals surface area contributed by atoms with Gasteiger partial charge in [-0.05, 0) is 12.8 Å². The Hall–Kier alpha value is -4.47. The Balaban J connectivity index is 1.13. The van der Waals surface area contributed by atoms with Crippen molar-refractivity contribution in [1.82, 2.24) is 25.6 Å². The molecule has 362 valence electrons. The molecule has 1 fully saturated rings. The predicted molar refractivity (Wildman–Crippen MR) is 207 cm³/mol. The molecule has 4 N–H and O–H groups in total. The Morgan fingerprint density at radius 3 is 2.00 bits per heavy atom. The van der Waals surface area contributed by atoms with Crippen LogP contribution in [0, 0.1) is 35.0 Å². The van der Waals surface area contributed by atoms with E-state index in [2.05, 4.69) is 25.7 Å². The third-order valence-electron chi connectivity index (χ3n) is 8.85. The van der Waals surface area contributed by atoms with E-state index in [-0.39, 0.29) is 58.5 Å².